The van der Waals surface area contributed by atoms with Crippen LogP contribution in [0.1, 0.15) is 15.9 Å². The Morgan fingerprint density at radius 1 is 1.00 bits per heavy atom. The molecule has 0 atom stereocenters. The molecule has 2 rings (SSSR count). The van der Waals surface area contributed by atoms with E-state index in [0.29, 0.717) is 17.9 Å². The van der Waals surface area contributed by atoms with Gasteiger partial charge in [-0.05, 0) is 42.8 Å². The summed E-state index contributed by atoms with van der Waals surface area (Å²) in [6, 6.07) is 16.3. The van der Waals surface area contributed by atoms with E-state index in [1.54, 1.807) is 36.4 Å². The van der Waals surface area contributed by atoms with Crippen LogP contribution in [0, 0.1) is 0 Å². The molecule has 0 aliphatic heterocycles. The van der Waals surface area contributed by atoms with Crippen LogP contribution in [0.4, 0.5) is 0 Å². The smallest absolute Gasteiger partial charge is 0.343 e. The second-order valence-corrected chi connectivity index (χ2v) is 3.94. The Bertz CT molecular complexity index is 511. The largest absolute Gasteiger partial charge is 0.423 e. The number of ether oxygens (including phenoxy) is 1. The van der Waals surface area contributed by atoms with Gasteiger partial charge in [0.25, 0.3) is 0 Å². The van der Waals surface area contributed by atoms with Gasteiger partial charge >= 0.3 is 5.97 Å². The first-order chi connectivity index (χ1) is 8.79. The molecule has 0 radical (unpaired) electrons. The fourth-order valence-corrected chi connectivity index (χ4v) is 1.63. The quantitative estimate of drug-likeness (QED) is 0.691. The van der Waals surface area contributed by atoms with Crippen LogP contribution in [0.3, 0.4) is 0 Å². The van der Waals surface area contributed by atoms with Crippen molar-refractivity contribution in [3.8, 4) is 5.75 Å². The highest BCUT2D eigenvalue weighted by Gasteiger charge is 2.07. The van der Waals surface area contributed by atoms with Crippen molar-refractivity contribution in [1.29, 1.82) is 0 Å². The predicted octanol–water partition coefficient (Wildman–Crippen LogP) is 2.83. The average Bonchev–Trinajstić information content (AvgIpc) is 2.42. The van der Waals surface area contributed by atoms with Gasteiger partial charge in [-0.25, -0.2) is 4.79 Å². The maximum absolute atomic E-state index is 11.8. The van der Waals surface area contributed by atoms with Crippen molar-refractivity contribution in [3.63, 3.8) is 0 Å². The lowest BCUT2D eigenvalue weighted by Crippen LogP contribution is -2.08. The number of carbonyl (C=O) groups is 1. The molecule has 0 heterocycles. The first-order valence-corrected chi connectivity index (χ1v) is 5.86. The molecule has 100 valence electrons. The summed E-state index contributed by atoms with van der Waals surface area (Å²) in [5, 5.41) is 0. The summed E-state index contributed by atoms with van der Waals surface area (Å²) < 4.78 is 5.26. The maximum atomic E-state index is 11.8. The number of benzene rings is 2. The first-order valence-electron chi connectivity index (χ1n) is 5.86. The summed E-state index contributed by atoms with van der Waals surface area (Å²) in [5.74, 6) is 0.201. The molecule has 0 fully saturated rings. The summed E-state index contributed by atoms with van der Waals surface area (Å²) in [5.41, 5.74) is 7.15. The normalized spacial score (nSPS) is 9.53. The molecule has 0 aliphatic carbocycles. The Hall–Kier alpha value is -1.84. The average molecular weight is 278 g/mol. The highest BCUT2D eigenvalue weighted by Crippen LogP contribution is 2.14. The van der Waals surface area contributed by atoms with Crippen LogP contribution >= 0.6 is 12.4 Å². The summed E-state index contributed by atoms with van der Waals surface area (Å²) in [7, 11) is 0. The lowest BCUT2D eigenvalue weighted by molar-refractivity contribution is 0.0734. The Labute approximate surface area is 118 Å². The van der Waals surface area contributed by atoms with Crippen LogP contribution in [0.15, 0.2) is 54.6 Å². The minimum atomic E-state index is -0.345. The molecule has 2 aromatic rings. The molecule has 19 heavy (non-hydrogen) atoms. The highest BCUT2D eigenvalue weighted by molar-refractivity contribution is 5.90. The van der Waals surface area contributed by atoms with Gasteiger partial charge in [-0.2, -0.15) is 0 Å². The van der Waals surface area contributed by atoms with Crippen molar-refractivity contribution in [2.75, 3.05) is 6.54 Å². The molecule has 4 heteroatoms. The van der Waals surface area contributed by atoms with Crippen molar-refractivity contribution in [1.82, 2.24) is 0 Å². The van der Waals surface area contributed by atoms with E-state index in [-0.39, 0.29) is 18.4 Å². The fourth-order valence-electron chi connectivity index (χ4n) is 1.63. The Balaban J connectivity index is 0.00000180. The van der Waals surface area contributed by atoms with E-state index in [9.17, 15) is 4.79 Å². The van der Waals surface area contributed by atoms with Crippen LogP contribution in [0.5, 0.6) is 5.75 Å². The molecule has 0 aliphatic rings. The molecule has 3 nitrogen and oxygen atoms in total. The minimum Gasteiger partial charge on any atom is -0.423 e. The molecule has 2 N–H and O–H groups in total. The molecular weight excluding hydrogens is 262 g/mol. The summed E-state index contributed by atoms with van der Waals surface area (Å²) in [6.45, 7) is 0.614. The van der Waals surface area contributed by atoms with Crippen LogP contribution < -0.4 is 10.5 Å². The number of halogens is 1. The van der Waals surface area contributed by atoms with E-state index in [1.165, 1.54) is 0 Å². The van der Waals surface area contributed by atoms with E-state index in [4.69, 9.17) is 10.5 Å². The third-order valence-corrected chi connectivity index (χ3v) is 2.58. The molecule has 0 bridgehead atoms. The number of carbonyl (C=O) groups excluding carboxylic acids is 1. The fraction of sp³-hybridized carbons (Fsp3) is 0.133. The number of hydrogen-bond acceptors (Lipinski definition) is 3. The maximum Gasteiger partial charge on any atom is 0.343 e. The van der Waals surface area contributed by atoms with Crippen molar-refractivity contribution in [2.45, 2.75) is 6.42 Å². The van der Waals surface area contributed by atoms with Crippen LogP contribution in [0.25, 0.3) is 0 Å². The molecule has 2 aromatic carbocycles. The van der Waals surface area contributed by atoms with Crippen LogP contribution in [-0.2, 0) is 6.42 Å². The van der Waals surface area contributed by atoms with Gasteiger partial charge in [0, 0.05) is 0 Å². The molecule has 0 unspecified atom stereocenters. The van der Waals surface area contributed by atoms with Crippen molar-refractivity contribution < 1.29 is 9.53 Å². The third kappa shape index (κ3) is 4.39. The van der Waals surface area contributed by atoms with Crippen LogP contribution in [0.2, 0.25) is 0 Å². The van der Waals surface area contributed by atoms with Crippen molar-refractivity contribution in [3.05, 3.63) is 65.7 Å². The van der Waals surface area contributed by atoms with E-state index in [0.717, 1.165) is 12.0 Å². The molecular formula is C15H16ClNO2. The third-order valence-electron chi connectivity index (χ3n) is 2.58. The second-order valence-electron chi connectivity index (χ2n) is 3.94. The monoisotopic (exact) mass is 277 g/mol. The summed E-state index contributed by atoms with van der Waals surface area (Å²) in [4.78, 5) is 11.8. The summed E-state index contributed by atoms with van der Waals surface area (Å²) in [6.07, 6.45) is 0.826. The predicted molar refractivity (Wildman–Crippen MR) is 77.8 cm³/mol. The van der Waals surface area contributed by atoms with Gasteiger partial charge in [-0.3, -0.25) is 0 Å². The van der Waals surface area contributed by atoms with Crippen LogP contribution in [-0.4, -0.2) is 12.5 Å². The van der Waals surface area contributed by atoms with Crippen molar-refractivity contribution >= 4 is 18.4 Å². The lowest BCUT2D eigenvalue weighted by Gasteiger charge is -2.05. The second kappa shape index (κ2) is 7.56. The lowest BCUT2D eigenvalue weighted by atomic mass is 10.1. The summed E-state index contributed by atoms with van der Waals surface area (Å²) >= 11 is 0. The Kier molecular flexibility index (Phi) is 6.06. The van der Waals surface area contributed by atoms with Gasteiger partial charge in [0.1, 0.15) is 5.75 Å². The van der Waals surface area contributed by atoms with Gasteiger partial charge < -0.3 is 10.5 Å². The number of rotatable bonds is 4. The minimum absolute atomic E-state index is 0. The van der Waals surface area contributed by atoms with Gasteiger partial charge in [0.15, 0.2) is 0 Å². The molecule has 0 amide bonds. The zero-order chi connectivity index (χ0) is 12.8. The van der Waals surface area contributed by atoms with Gasteiger partial charge in [0.2, 0.25) is 0 Å². The SMILES string of the molecule is Cl.NCCc1ccc(OC(=O)c2ccccc2)cc1. The van der Waals surface area contributed by atoms with Crippen molar-refractivity contribution in [2.24, 2.45) is 5.73 Å². The Morgan fingerprint density at radius 3 is 2.21 bits per heavy atom. The molecule has 0 saturated heterocycles. The number of hydrogen-bond donors (Lipinski definition) is 1. The van der Waals surface area contributed by atoms with Gasteiger partial charge in [0.05, 0.1) is 5.56 Å². The zero-order valence-electron chi connectivity index (χ0n) is 10.4. The van der Waals surface area contributed by atoms with E-state index in [2.05, 4.69) is 0 Å². The molecule has 0 saturated carbocycles. The molecule has 0 aromatic heterocycles. The van der Waals surface area contributed by atoms with E-state index < -0.39 is 0 Å². The zero-order valence-corrected chi connectivity index (χ0v) is 11.2. The number of esters is 1. The number of nitrogens with two attached hydrogens (primary N) is 1. The van der Waals surface area contributed by atoms with E-state index >= 15 is 0 Å². The van der Waals surface area contributed by atoms with Gasteiger partial charge in [-0.15, -0.1) is 12.4 Å². The van der Waals surface area contributed by atoms with E-state index in [1.807, 2.05) is 18.2 Å². The molecule has 0 spiro atoms. The van der Waals surface area contributed by atoms with Gasteiger partial charge in [-0.1, -0.05) is 30.3 Å². The standard InChI is InChI=1S/C15H15NO2.ClH/c16-11-10-12-6-8-14(9-7-12)18-15(17)13-4-2-1-3-5-13;/h1-9H,10-11,16H2;1H. The first kappa shape index (κ1) is 15.2. The Morgan fingerprint density at radius 2 is 1.63 bits per heavy atom. The topological polar surface area (TPSA) is 52.3 Å². The highest BCUT2D eigenvalue weighted by atomic mass is 35.5.